The number of hydrogen-bond donors (Lipinski definition) is 0. The third-order valence-electron chi connectivity index (χ3n) is 5.56. The largest absolute Gasteiger partial charge is 0.497 e. The molecule has 0 saturated heterocycles. The fourth-order valence-corrected chi connectivity index (χ4v) is 3.61. The van der Waals surface area contributed by atoms with Crippen LogP contribution in [0.4, 0.5) is 0 Å². The van der Waals surface area contributed by atoms with E-state index in [2.05, 4.69) is 66.8 Å². The maximum atomic E-state index is 8.93. The molecule has 0 saturated carbocycles. The average molecular weight is 444 g/mol. The maximum Gasteiger partial charge on any atom is 0.118 e. The Morgan fingerprint density at radius 1 is 0.588 bits per heavy atom. The molecule has 0 fully saturated rings. The highest BCUT2D eigenvalue weighted by molar-refractivity contribution is 5.91. The molecule has 0 unspecified atom stereocenters. The molecule has 4 aromatic carbocycles. The van der Waals surface area contributed by atoms with E-state index in [-0.39, 0.29) is 0 Å². The summed E-state index contributed by atoms with van der Waals surface area (Å²) in [5.74, 6) is 1.66. The molecule has 4 aromatic rings. The van der Waals surface area contributed by atoms with Crippen molar-refractivity contribution in [3.05, 3.63) is 130 Å². The van der Waals surface area contributed by atoms with E-state index in [4.69, 9.17) is 14.7 Å². The summed E-state index contributed by atoms with van der Waals surface area (Å²) in [7, 11) is 3.35. The summed E-state index contributed by atoms with van der Waals surface area (Å²) in [4.78, 5) is 0. The molecule has 34 heavy (non-hydrogen) atoms. The Balaban J connectivity index is 1.62. The molecule has 0 bridgehead atoms. The Bertz CT molecular complexity index is 1270. The fourth-order valence-electron chi connectivity index (χ4n) is 3.61. The zero-order chi connectivity index (χ0) is 23.8. The Morgan fingerprint density at radius 2 is 1.00 bits per heavy atom. The number of benzene rings is 4. The van der Waals surface area contributed by atoms with Crippen molar-refractivity contribution in [2.75, 3.05) is 14.2 Å². The predicted octanol–water partition coefficient (Wildman–Crippen LogP) is 7.33. The van der Waals surface area contributed by atoms with Gasteiger partial charge in [0.1, 0.15) is 11.5 Å². The molecule has 0 aliphatic heterocycles. The van der Waals surface area contributed by atoms with E-state index >= 15 is 0 Å². The summed E-state index contributed by atoms with van der Waals surface area (Å²) in [6.45, 7) is 0. The highest BCUT2D eigenvalue weighted by Gasteiger charge is 2.07. The Hall–Kier alpha value is -4.55. The third kappa shape index (κ3) is 5.62. The van der Waals surface area contributed by atoms with E-state index in [9.17, 15) is 0 Å². The highest BCUT2D eigenvalue weighted by atomic mass is 16.5. The average Bonchev–Trinajstić information content (AvgIpc) is 2.91. The van der Waals surface area contributed by atoms with Crippen molar-refractivity contribution in [3.63, 3.8) is 0 Å². The van der Waals surface area contributed by atoms with Crippen LogP contribution < -0.4 is 9.47 Å². The highest BCUT2D eigenvalue weighted by Crippen LogP contribution is 2.29. The van der Waals surface area contributed by atoms with Gasteiger partial charge in [-0.2, -0.15) is 5.26 Å². The third-order valence-corrected chi connectivity index (χ3v) is 5.56. The van der Waals surface area contributed by atoms with E-state index in [1.807, 2.05) is 54.6 Å². The summed E-state index contributed by atoms with van der Waals surface area (Å²) in [5.41, 5.74) is 7.27. The second-order valence-corrected chi connectivity index (χ2v) is 7.75. The molecule has 0 N–H and O–H groups in total. The Morgan fingerprint density at radius 3 is 1.41 bits per heavy atom. The molecule has 0 aliphatic carbocycles. The van der Waals surface area contributed by atoms with Gasteiger partial charge >= 0.3 is 0 Å². The van der Waals surface area contributed by atoms with Gasteiger partial charge in [-0.05, 0) is 75.9 Å². The van der Waals surface area contributed by atoms with Gasteiger partial charge in [0.15, 0.2) is 0 Å². The van der Waals surface area contributed by atoms with E-state index in [1.165, 1.54) is 0 Å². The van der Waals surface area contributed by atoms with Crippen LogP contribution in [0.15, 0.2) is 97.1 Å². The monoisotopic (exact) mass is 443 g/mol. The molecule has 0 radical (unpaired) electrons. The first-order chi connectivity index (χ1) is 16.7. The number of nitrogens with zero attached hydrogens (tertiary/aromatic N) is 1. The van der Waals surface area contributed by atoms with Crippen LogP contribution in [-0.2, 0) is 0 Å². The second-order valence-electron chi connectivity index (χ2n) is 7.75. The van der Waals surface area contributed by atoms with Crippen molar-refractivity contribution < 1.29 is 9.47 Å². The number of methoxy groups -OCH3 is 2. The lowest BCUT2D eigenvalue weighted by Crippen LogP contribution is -1.91. The zero-order valence-corrected chi connectivity index (χ0v) is 19.2. The van der Waals surface area contributed by atoms with Crippen LogP contribution >= 0.6 is 0 Å². The normalized spacial score (nSPS) is 10.5. The molecule has 0 amide bonds. The topological polar surface area (TPSA) is 42.2 Å². The lowest BCUT2D eigenvalue weighted by molar-refractivity contribution is 0.414. The molecule has 0 atom stereocenters. The zero-order valence-electron chi connectivity index (χ0n) is 19.2. The smallest absolute Gasteiger partial charge is 0.118 e. The van der Waals surface area contributed by atoms with Gasteiger partial charge in [0.2, 0.25) is 0 Å². The minimum atomic E-state index is 0.665. The minimum Gasteiger partial charge on any atom is -0.497 e. The van der Waals surface area contributed by atoms with E-state index in [1.54, 1.807) is 14.2 Å². The van der Waals surface area contributed by atoms with Crippen LogP contribution in [0.25, 0.3) is 23.8 Å². The molecular formula is C31H25NO2. The Labute approximate surface area is 200 Å². The number of nitriles is 1. The van der Waals surface area contributed by atoms with Crippen molar-refractivity contribution >= 4 is 23.8 Å². The van der Waals surface area contributed by atoms with Crippen LogP contribution in [0.3, 0.4) is 0 Å². The second kappa shape index (κ2) is 10.8. The molecule has 166 valence electrons. The van der Waals surface area contributed by atoms with E-state index in [0.717, 1.165) is 44.9 Å². The molecule has 0 spiro atoms. The summed E-state index contributed by atoms with van der Waals surface area (Å²) in [6.07, 6.45) is 6.31. The van der Waals surface area contributed by atoms with Crippen LogP contribution in [0.2, 0.25) is 0 Å². The van der Waals surface area contributed by atoms with Gasteiger partial charge in [0.05, 0.1) is 25.9 Å². The van der Waals surface area contributed by atoms with E-state index < -0.39 is 0 Å². The van der Waals surface area contributed by atoms with Crippen molar-refractivity contribution in [1.82, 2.24) is 0 Å². The number of rotatable bonds is 7. The first-order valence-corrected chi connectivity index (χ1v) is 11.0. The van der Waals surface area contributed by atoms with Crippen molar-refractivity contribution in [3.8, 4) is 17.6 Å². The van der Waals surface area contributed by atoms with Gasteiger partial charge in [-0.1, -0.05) is 72.8 Å². The summed E-state index contributed by atoms with van der Waals surface area (Å²) >= 11 is 0. The van der Waals surface area contributed by atoms with E-state index in [0.29, 0.717) is 5.56 Å². The van der Waals surface area contributed by atoms with Crippen LogP contribution in [0.1, 0.15) is 33.4 Å². The molecule has 4 rings (SSSR count). The van der Waals surface area contributed by atoms with Crippen LogP contribution in [-0.4, -0.2) is 14.2 Å². The summed E-state index contributed by atoms with van der Waals surface area (Å²) < 4.78 is 10.7. The van der Waals surface area contributed by atoms with Crippen LogP contribution in [0.5, 0.6) is 11.5 Å². The number of hydrogen-bond acceptors (Lipinski definition) is 3. The summed E-state index contributed by atoms with van der Waals surface area (Å²) in [5, 5.41) is 8.93. The first kappa shape index (κ1) is 22.6. The van der Waals surface area contributed by atoms with Crippen LogP contribution in [0, 0.1) is 11.3 Å². The fraction of sp³-hybridized carbons (Fsp3) is 0.0645. The molecule has 0 heterocycles. The van der Waals surface area contributed by atoms with Gasteiger partial charge in [0.25, 0.3) is 0 Å². The lowest BCUT2D eigenvalue weighted by Gasteiger charge is -2.11. The van der Waals surface area contributed by atoms with Gasteiger partial charge in [-0.3, -0.25) is 0 Å². The molecule has 3 heteroatoms. The summed E-state index contributed by atoms with van der Waals surface area (Å²) in [6, 6.07) is 34.3. The number of ether oxygens (including phenoxy) is 2. The van der Waals surface area contributed by atoms with Gasteiger partial charge in [-0.25, -0.2) is 0 Å². The van der Waals surface area contributed by atoms with Gasteiger partial charge < -0.3 is 9.47 Å². The quantitative estimate of drug-likeness (QED) is 0.281. The van der Waals surface area contributed by atoms with Gasteiger partial charge in [-0.15, -0.1) is 0 Å². The Kier molecular flexibility index (Phi) is 7.22. The molecular weight excluding hydrogens is 418 g/mol. The first-order valence-electron chi connectivity index (χ1n) is 11.0. The molecule has 3 nitrogen and oxygen atoms in total. The molecule has 0 aromatic heterocycles. The van der Waals surface area contributed by atoms with Gasteiger partial charge in [0, 0.05) is 0 Å². The molecule has 0 aliphatic rings. The SMILES string of the molecule is COc1ccc(C(=Cc2ccc(/C=C/c3ccc(C#N)cc3)cc2)c2ccc(OC)cc2)cc1. The minimum absolute atomic E-state index is 0.665. The predicted molar refractivity (Wildman–Crippen MR) is 139 cm³/mol. The lowest BCUT2D eigenvalue weighted by atomic mass is 9.95. The standard InChI is InChI=1S/C31H25NO2/c1-33-29-17-13-27(14-18-29)31(28-15-19-30(34-2)20-16-28)21-25-9-5-23(6-10-25)3-4-24-7-11-26(22-32)12-8-24/h3-21H,1-2H3/b4-3+. The van der Waals surface area contributed by atoms with Crippen molar-refractivity contribution in [2.24, 2.45) is 0 Å². The maximum absolute atomic E-state index is 8.93. The van der Waals surface area contributed by atoms with Crippen molar-refractivity contribution in [2.45, 2.75) is 0 Å². The van der Waals surface area contributed by atoms with Crippen molar-refractivity contribution in [1.29, 1.82) is 5.26 Å².